The summed E-state index contributed by atoms with van der Waals surface area (Å²) in [6.07, 6.45) is 6.48. The van der Waals surface area contributed by atoms with Gasteiger partial charge in [0.15, 0.2) is 0 Å². The molecule has 1 unspecified atom stereocenters. The molecule has 1 atom stereocenters. The van der Waals surface area contributed by atoms with E-state index in [1.165, 1.54) is 5.56 Å². The number of aromatic nitrogens is 2. The summed E-state index contributed by atoms with van der Waals surface area (Å²) in [5, 5.41) is 4.33. The van der Waals surface area contributed by atoms with Gasteiger partial charge in [0.2, 0.25) is 11.8 Å². The molecule has 0 spiro atoms. The number of methoxy groups -OCH3 is 1. The van der Waals surface area contributed by atoms with E-state index in [1.54, 1.807) is 11.8 Å². The van der Waals surface area contributed by atoms with Crippen molar-refractivity contribution in [2.24, 2.45) is 11.8 Å². The molecule has 7 heteroatoms. The molecule has 172 valence electrons. The van der Waals surface area contributed by atoms with E-state index in [0.29, 0.717) is 5.92 Å². The topological polar surface area (TPSA) is 67.7 Å². The zero-order valence-electron chi connectivity index (χ0n) is 19.4. The third-order valence-corrected chi connectivity index (χ3v) is 6.86. The van der Waals surface area contributed by atoms with Crippen LogP contribution in [0.3, 0.4) is 0 Å². The summed E-state index contributed by atoms with van der Waals surface area (Å²) >= 11 is 0. The van der Waals surface area contributed by atoms with Gasteiger partial charge in [-0.2, -0.15) is 5.10 Å². The monoisotopic (exact) mass is 438 g/mol. The van der Waals surface area contributed by atoms with Crippen molar-refractivity contribution >= 4 is 11.8 Å². The third kappa shape index (κ3) is 5.31. The van der Waals surface area contributed by atoms with Crippen LogP contribution in [0.15, 0.2) is 36.5 Å². The van der Waals surface area contributed by atoms with E-state index in [2.05, 4.69) is 17.2 Å². The average molecular weight is 439 g/mol. The van der Waals surface area contributed by atoms with Crippen LogP contribution in [0, 0.1) is 18.8 Å². The number of aryl methyl sites for hydroxylation is 1. The normalized spacial score (nSPS) is 17.8. The minimum Gasteiger partial charge on any atom is -0.497 e. The van der Waals surface area contributed by atoms with Crippen molar-refractivity contribution in [2.75, 3.05) is 27.2 Å². The fourth-order valence-corrected chi connectivity index (χ4v) is 4.77. The predicted molar refractivity (Wildman–Crippen MR) is 122 cm³/mol. The maximum Gasteiger partial charge on any atom is 0.244 e. The first-order valence-corrected chi connectivity index (χ1v) is 11.6. The Morgan fingerprint density at radius 1 is 1.19 bits per heavy atom. The highest BCUT2D eigenvalue weighted by atomic mass is 16.5. The molecule has 1 aromatic carbocycles. The third-order valence-electron chi connectivity index (χ3n) is 6.86. The largest absolute Gasteiger partial charge is 0.497 e. The van der Waals surface area contributed by atoms with Gasteiger partial charge in [0, 0.05) is 38.3 Å². The van der Waals surface area contributed by atoms with Gasteiger partial charge >= 0.3 is 0 Å². The molecule has 0 N–H and O–H groups in total. The van der Waals surface area contributed by atoms with E-state index in [9.17, 15) is 9.59 Å². The molecule has 2 aromatic rings. The van der Waals surface area contributed by atoms with Crippen LogP contribution in [0.5, 0.6) is 5.75 Å². The fraction of sp³-hybridized carbons (Fsp3) is 0.560. The van der Waals surface area contributed by atoms with Gasteiger partial charge < -0.3 is 14.5 Å². The standard InChI is InChI=1S/C25H34N4O3/c1-18-9-14-29(26-18)17-24(30)28-12-10-20(11-13-28)23(27(2)25(31)21-7-8-21)16-19-5-4-6-22(15-19)32-3/h4-6,9,14-15,20-21,23H,7-8,10-13,16-17H2,1-3H3. The van der Waals surface area contributed by atoms with Crippen molar-refractivity contribution in [1.29, 1.82) is 0 Å². The second-order valence-electron chi connectivity index (χ2n) is 9.22. The first kappa shape index (κ1) is 22.4. The predicted octanol–water partition coefficient (Wildman–Crippen LogP) is 2.92. The van der Waals surface area contributed by atoms with E-state index in [1.807, 2.05) is 48.2 Å². The lowest BCUT2D eigenvalue weighted by molar-refractivity contribution is -0.137. The van der Waals surface area contributed by atoms with Crippen molar-refractivity contribution in [2.45, 2.75) is 51.6 Å². The lowest BCUT2D eigenvalue weighted by Gasteiger charge is -2.40. The summed E-state index contributed by atoms with van der Waals surface area (Å²) in [6, 6.07) is 10.2. The van der Waals surface area contributed by atoms with E-state index in [4.69, 9.17) is 4.74 Å². The number of carbonyl (C=O) groups excluding carboxylic acids is 2. The maximum absolute atomic E-state index is 12.9. The molecule has 2 heterocycles. The highest BCUT2D eigenvalue weighted by Gasteiger charge is 2.38. The number of rotatable bonds is 8. The molecule has 32 heavy (non-hydrogen) atoms. The Morgan fingerprint density at radius 2 is 1.94 bits per heavy atom. The zero-order chi connectivity index (χ0) is 22.7. The molecule has 2 aliphatic rings. The first-order valence-electron chi connectivity index (χ1n) is 11.6. The van der Waals surface area contributed by atoms with Gasteiger partial charge in [-0.25, -0.2) is 0 Å². The highest BCUT2D eigenvalue weighted by Crippen LogP contribution is 2.34. The molecule has 1 aromatic heterocycles. The van der Waals surface area contributed by atoms with Gasteiger partial charge in [-0.1, -0.05) is 12.1 Å². The van der Waals surface area contributed by atoms with Crippen molar-refractivity contribution in [1.82, 2.24) is 19.6 Å². The number of ether oxygens (including phenoxy) is 1. The second-order valence-corrected chi connectivity index (χ2v) is 9.22. The highest BCUT2D eigenvalue weighted by molar-refractivity contribution is 5.81. The number of carbonyl (C=O) groups is 2. The minimum atomic E-state index is 0.110. The molecule has 0 radical (unpaired) electrons. The Labute approximate surface area is 190 Å². The summed E-state index contributed by atoms with van der Waals surface area (Å²) in [6.45, 7) is 3.66. The minimum absolute atomic E-state index is 0.110. The van der Waals surface area contributed by atoms with Gasteiger partial charge in [-0.3, -0.25) is 14.3 Å². The van der Waals surface area contributed by atoms with Crippen LogP contribution in [0.25, 0.3) is 0 Å². The van der Waals surface area contributed by atoms with E-state index < -0.39 is 0 Å². The number of hydrogen-bond acceptors (Lipinski definition) is 4. The quantitative estimate of drug-likeness (QED) is 0.636. The second kappa shape index (κ2) is 9.76. The summed E-state index contributed by atoms with van der Waals surface area (Å²) in [7, 11) is 3.64. The first-order chi connectivity index (χ1) is 15.4. The summed E-state index contributed by atoms with van der Waals surface area (Å²) < 4.78 is 7.10. The zero-order valence-corrected chi connectivity index (χ0v) is 19.4. The Balaban J connectivity index is 1.41. The van der Waals surface area contributed by atoms with Crippen LogP contribution >= 0.6 is 0 Å². The number of amides is 2. The van der Waals surface area contributed by atoms with E-state index >= 15 is 0 Å². The van der Waals surface area contributed by atoms with Crippen molar-refractivity contribution in [3.8, 4) is 5.75 Å². The molecule has 1 saturated carbocycles. The van der Waals surface area contributed by atoms with Gasteiger partial charge in [0.05, 0.1) is 12.8 Å². The van der Waals surface area contributed by atoms with Crippen LogP contribution in [0.1, 0.15) is 36.9 Å². The number of likely N-dealkylation sites (tertiary alicyclic amines) is 1. The molecular formula is C25H34N4O3. The summed E-state index contributed by atoms with van der Waals surface area (Å²) in [5.74, 6) is 1.78. The molecule has 4 rings (SSSR count). The SMILES string of the molecule is COc1cccc(CC(C2CCN(C(=O)Cn3ccc(C)n3)CC2)N(C)C(=O)C2CC2)c1. The number of nitrogens with zero attached hydrogens (tertiary/aromatic N) is 4. The molecule has 0 bridgehead atoms. The van der Waals surface area contributed by atoms with E-state index in [-0.39, 0.29) is 30.3 Å². The molecule has 1 aliphatic carbocycles. The van der Waals surface area contributed by atoms with Crippen LogP contribution < -0.4 is 4.74 Å². The van der Waals surface area contributed by atoms with Gasteiger partial charge in [0.1, 0.15) is 12.3 Å². The molecule has 1 aliphatic heterocycles. The van der Waals surface area contributed by atoms with Crippen LogP contribution in [0.2, 0.25) is 0 Å². The van der Waals surface area contributed by atoms with E-state index in [0.717, 1.165) is 56.6 Å². The lowest BCUT2D eigenvalue weighted by atomic mass is 9.84. The van der Waals surface area contributed by atoms with Gasteiger partial charge in [-0.15, -0.1) is 0 Å². The molecule has 1 saturated heterocycles. The van der Waals surface area contributed by atoms with Gasteiger partial charge in [0.25, 0.3) is 0 Å². The van der Waals surface area contributed by atoms with Crippen molar-refractivity contribution < 1.29 is 14.3 Å². The van der Waals surface area contributed by atoms with Crippen LogP contribution in [-0.2, 0) is 22.6 Å². The Hall–Kier alpha value is -2.83. The summed E-state index contributed by atoms with van der Waals surface area (Å²) in [4.78, 5) is 29.6. The smallest absolute Gasteiger partial charge is 0.244 e. The number of likely N-dealkylation sites (N-methyl/N-ethyl adjacent to an activating group) is 1. The number of hydrogen-bond donors (Lipinski definition) is 0. The lowest BCUT2D eigenvalue weighted by Crippen LogP contribution is -2.49. The molecule has 2 amide bonds. The molecular weight excluding hydrogens is 404 g/mol. The molecule has 7 nitrogen and oxygen atoms in total. The summed E-state index contributed by atoms with van der Waals surface area (Å²) in [5.41, 5.74) is 2.10. The van der Waals surface area contributed by atoms with Gasteiger partial charge in [-0.05, 0) is 68.7 Å². The molecule has 2 fully saturated rings. The Morgan fingerprint density at radius 3 is 2.56 bits per heavy atom. The number of piperidine rings is 1. The fourth-order valence-electron chi connectivity index (χ4n) is 4.77. The van der Waals surface area contributed by atoms with Crippen molar-refractivity contribution in [3.05, 3.63) is 47.8 Å². The number of benzene rings is 1. The van der Waals surface area contributed by atoms with Crippen LogP contribution in [-0.4, -0.2) is 64.7 Å². The Kier molecular flexibility index (Phi) is 6.82. The Bertz CT molecular complexity index is 944. The van der Waals surface area contributed by atoms with Crippen LogP contribution in [0.4, 0.5) is 0 Å². The maximum atomic E-state index is 12.9. The van der Waals surface area contributed by atoms with Crippen molar-refractivity contribution in [3.63, 3.8) is 0 Å². The average Bonchev–Trinajstić information content (AvgIpc) is 3.58.